The van der Waals surface area contributed by atoms with Gasteiger partial charge in [0.15, 0.2) is 11.4 Å². The molecule has 2 N–H and O–H groups in total. The van der Waals surface area contributed by atoms with Gasteiger partial charge < -0.3 is 4.98 Å². The average molecular weight is 417 g/mol. The molecule has 4 aromatic rings. The van der Waals surface area contributed by atoms with Gasteiger partial charge in [0.1, 0.15) is 5.52 Å². The van der Waals surface area contributed by atoms with Crippen LogP contribution in [0.1, 0.15) is 21.5 Å². The van der Waals surface area contributed by atoms with Crippen LogP contribution in [0, 0.1) is 0 Å². The van der Waals surface area contributed by atoms with Crippen molar-refractivity contribution in [3.63, 3.8) is 0 Å². The van der Waals surface area contributed by atoms with Gasteiger partial charge in [0.25, 0.3) is 5.56 Å². The van der Waals surface area contributed by atoms with Crippen LogP contribution in [0.4, 0.5) is 0 Å². The minimum atomic E-state index is -0.541. The molecule has 0 aliphatic carbocycles. The second-order valence-corrected chi connectivity index (χ2v) is 6.42. The molecule has 0 aliphatic heterocycles. The number of hydrogen-bond acceptors (Lipinski definition) is 4. The standard InChI is InChI=1S/C19H13ClN4O3.ClH/c20-14-7-5-13(6-8-14)16(25)12-3-1-11(2-4-12)9-24-18(26)15-17(22-10-21-15)23-19(24)27;/h1-8,10H,9H2,(H,21,22)(H,23,27);1H. The second-order valence-electron chi connectivity index (χ2n) is 5.98. The number of nitrogens with one attached hydrogen (secondary N) is 2. The van der Waals surface area contributed by atoms with E-state index in [-0.39, 0.29) is 35.9 Å². The molecule has 0 amide bonds. The fourth-order valence-corrected chi connectivity index (χ4v) is 2.93. The summed E-state index contributed by atoms with van der Waals surface area (Å²) in [5.41, 5.74) is 1.23. The highest BCUT2D eigenvalue weighted by atomic mass is 35.5. The molecule has 0 atom stereocenters. The minimum absolute atomic E-state index is 0. The summed E-state index contributed by atoms with van der Waals surface area (Å²) in [5.74, 6) is -0.132. The number of nitrogens with zero attached hydrogens (tertiary/aromatic N) is 2. The van der Waals surface area contributed by atoms with Crippen LogP contribution in [-0.4, -0.2) is 25.3 Å². The maximum Gasteiger partial charge on any atom is 0.330 e. The van der Waals surface area contributed by atoms with E-state index in [1.54, 1.807) is 48.5 Å². The Labute approximate surface area is 169 Å². The number of carbonyl (C=O) groups is 1. The van der Waals surface area contributed by atoms with E-state index in [0.717, 1.165) is 4.57 Å². The van der Waals surface area contributed by atoms with E-state index >= 15 is 0 Å². The Hall–Kier alpha value is -3.16. The highest BCUT2D eigenvalue weighted by molar-refractivity contribution is 6.30. The lowest BCUT2D eigenvalue weighted by atomic mass is 10.0. The maximum absolute atomic E-state index is 12.5. The van der Waals surface area contributed by atoms with Crippen molar-refractivity contribution in [1.82, 2.24) is 19.5 Å². The molecule has 0 fully saturated rings. The molecular weight excluding hydrogens is 403 g/mol. The molecule has 0 bridgehead atoms. The number of halogens is 2. The highest BCUT2D eigenvalue weighted by Gasteiger charge is 2.12. The van der Waals surface area contributed by atoms with E-state index in [1.807, 2.05) is 0 Å². The average Bonchev–Trinajstić information content (AvgIpc) is 3.14. The first kappa shape index (κ1) is 19.6. The van der Waals surface area contributed by atoms with Crippen LogP contribution in [0.3, 0.4) is 0 Å². The van der Waals surface area contributed by atoms with Gasteiger partial charge in [-0.15, -0.1) is 12.4 Å². The van der Waals surface area contributed by atoms with E-state index in [4.69, 9.17) is 11.6 Å². The zero-order valence-corrected chi connectivity index (χ0v) is 15.9. The van der Waals surface area contributed by atoms with Crippen LogP contribution in [0.25, 0.3) is 11.2 Å². The first-order chi connectivity index (χ1) is 13.0. The minimum Gasteiger partial charge on any atom is -0.339 e. The van der Waals surface area contributed by atoms with Crippen molar-refractivity contribution in [2.24, 2.45) is 0 Å². The lowest BCUT2D eigenvalue weighted by Crippen LogP contribution is -2.35. The van der Waals surface area contributed by atoms with Gasteiger partial charge in [0.2, 0.25) is 0 Å². The van der Waals surface area contributed by atoms with Gasteiger partial charge in [-0.05, 0) is 29.8 Å². The fourth-order valence-electron chi connectivity index (χ4n) is 2.80. The van der Waals surface area contributed by atoms with Crippen molar-refractivity contribution in [2.45, 2.75) is 6.54 Å². The molecular formula is C19H14Cl2N4O3. The second kappa shape index (κ2) is 7.84. The van der Waals surface area contributed by atoms with Crippen molar-refractivity contribution in [1.29, 1.82) is 0 Å². The third kappa shape index (κ3) is 3.62. The first-order valence-corrected chi connectivity index (χ1v) is 8.46. The summed E-state index contributed by atoms with van der Waals surface area (Å²) in [5, 5.41) is 0.562. The summed E-state index contributed by atoms with van der Waals surface area (Å²) in [4.78, 5) is 46.2. The van der Waals surface area contributed by atoms with Gasteiger partial charge in [0, 0.05) is 16.1 Å². The maximum atomic E-state index is 12.5. The summed E-state index contributed by atoms with van der Waals surface area (Å²) >= 11 is 5.84. The Morgan fingerprint density at radius 1 is 1.00 bits per heavy atom. The van der Waals surface area contributed by atoms with Crippen molar-refractivity contribution in [3.8, 4) is 0 Å². The molecule has 0 spiro atoms. The number of rotatable bonds is 4. The number of H-pyrrole nitrogens is 2. The molecule has 0 radical (unpaired) electrons. The third-order valence-corrected chi connectivity index (χ3v) is 4.48. The number of aromatic nitrogens is 4. The Morgan fingerprint density at radius 3 is 2.25 bits per heavy atom. The zero-order chi connectivity index (χ0) is 19.0. The molecule has 4 rings (SSSR count). The van der Waals surface area contributed by atoms with Crippen LogP contribution < -0.4 is 11.2 Å². The van der Waals surface area contributed by atoms with Gasteiger partial charge >= 0.3 is 5.69 Å². The lowest BCUT2D eigenvalue weighted by Gasteiger charge is -2.06. The number of imidazole rings is 1. The van der Waals surface area contributed by atoms with Crippen molar-refractivity contribution in [3.05, 3.63) is 97.4 Å². The van der Waals surface area contributed by atoms with Crippen LogP contribution in [0.5, 0.6) is 0 Å². The monoisotopic (exact) mass is 416 g/mol. The Kier molecular flexibility index (Phi) is 5.48. The van der Waals surface area contributed by atoms with Gasteiger partial charge in [-0.25, -0.2) is 9.78 Å². The fraction of sp³-hybridized carbons (Fsp3) is 0.0526. The molecule has 2 heterocycles. The van der Waals surface area contributed by atoms with Gasteiger partial charge in [-0.3, -0.25) is 19.1 Å². The Bertz CT molecular complexity index is 1260. The van der Waals surface area contributed by atoms with Crippen LogP contribution in [0.15, 0.2) is 64.4 Å². The predicted octanol–water partition coefficient (Wildman–Crippen LogP) is 2.77. The van der Waals surface area contributed by atoms with E-state index in [0.29, 0.717) is 21.7 Å². The normalized spacial score (nSPS) is 10.6. The first-order valence-electron chi connectivity index (χ1n) is 8.08. The Morgan fingerprint density at radius 2 is 1.61 bits per heavy atom. The van der Waals surface area contributed by atoms with Crippen LogP contribution in [0.2, 0.25) is 5.02 Å². The molecule has 28 heavy (non-hydrogen) atoms. The highest BCUT2D eigenvalue weighted by Crippen LogP contribution is 2.15. The summed E-state index contributed by atoms with van der Waals surface area (Å²) < 4.78 is 1.08. The molecule has 2 aromatic carbocycles. The molecule has 0 saturated carbocycles. The number of benzene rings is 2. The Balaban J connectivity index is 0.00000225. The van der Waals surface area contributed by atoms with Crippen molar-refractivity contribution >= 4 is 41.0 Å². The number of aromatic amines is 2. The van der Waals surface area contributed by atoms with Crippen molar-refractivity contribution < 1.29 is 4.79 Å². The molecule has 0 saturated heterocycles. The SMILES string of the molecule is Cl.O=C(c1ccc(Cl)cc1)c1ccc(Cn2c(=O)[nH]c3nc[nH]c3c2=O)cc1. The molecule has 142 valence electrons. The van der Waals surface area contributed by atoms with Crippen LogP contribution in [-0.2, 0) is 6.54 Å². The molecule has 7 nitrogen and oxygen atoms in total. The number of carbonyl (C=O) groups excluding carboxylic acids is 1. The summed E-state index contributed by atoms with van der Waals surface area (Å²) in [6.07, 6.45) is 1.35. The van der Waals surface area contributed by atoms with Crippen LogP contribution >= 0.6 is 24.0 Å². The van der Waals surface area contributed by atoms with Gasteiger partial charge in [0.05, 0.1) is 12.9 Å². The van der Waals surface area contributed by atoms with E-state index in [2.05, 4.69) is 15.0 Å². The molecule has 2 aromatic heterocycles. The summed E-state index contributed by atoms with van der Waals surface area (Å²) in [6.45, 7) is 0.0819. The summed E-state index contributed by atoms with van der Waals surface area (Å²) in [6, 6.07) is 13.4. The third-order valence-electron chi connectivity index (χ3n) is 4.23. The lowest BCUT2D eigenvalue weighted by molar-refractivity contribution is 0.103. The number of hydrogen-bond donors (Lipinski definition) is 2. The predicted molar refractivity (Wildman–Crippen MR) is 109 cm³/mol. The number of fused-ring (bicyclic) bond motifs is 1. The topological polar surface area (TPSA) is 101 Å². The smallest absolute Gasteiger partial charge is 0.330 e. The largest absolute Gasteiger partial charge is 0.339 e. The van der Waals surface area contributed by atoms with E-state index in [1.165, 1.54) is 6.33 Å². The van der Waals surface area contributed by atoms with Crippen molar-refractivity contribution in [2.75, 3.05) is 0 Å². The molecule has 0 unspecified atom stereocenters. The van der Waals surface area contributed by atoms with E-state index < -0.39 is 11.2 Å². The van der Waals surface area contributed by atoms with E-state index in [9.17, 15) is 14.4 Å². The molecule has 0 aliphatic rings. The van der Waals surface area contributed by atoms with Gasteiger partial charge in [-0.1, -0.05) is 35.9 Å². The zero-order valence-electron chi connectivity index (χ0n) is 14.3. The summed E-state index contributed by atoms with van der Waals surface area (Å²) in [7, 11) is 0. The van der Waals surface area contributed by atoms with Gasteiger partial charge in [-0.2, -0.15) is 0 Å². The number of ketones is 1. The quantitative estimate of drug-likeness (QED) is 0.499. The molecule has 9 heteroatoms.